The second-order valence-electron chi connectivity index (χ2n) is 5.69. The van der Waals surface area contributed by atoms with E-state index in [1.807, 2.05) is 48.5 Å². The number of aromatic nitrogens is 3. The highest BCUT2D eigenvalue weighted by molar-refractivity contribution is 5.90. The van der Waals surface area contributed by atoms with Crippen LogP contribution in [0.3, 0.4) is 0 Å². The van der Waals surface area contributed by atoms with Gasteiger partial charge in [0, 0.05) is 12.1 Å². The van der Waals surface area contributed by atoms with Gasteiger partial charge in [-0.1, -0.05) is 24.3 Å². The molecule has 25 heavy (non-hydrogen) atoms. The third kappa shape index (κ3) is 4.91. The number of ether oxygens (including phenoxy) is 1. The Labute approximate surface area is 146 Å². The summed E-state index contributed by atoms with van der Waals surface area (Å²) in [7, 11) is 1.64. The minimum absolute atomic E-state index is 0.000144. The predicted octanol–water partition coefficient (Wildman–Crippen LogP) is 2.91. The highest BCUT2D eigenvalue weighted by Gasteiger charge is 2.04. The lowest BCUT2D eigenvalue weighted by molar-refractivity contribution is -0.116. The van der Waals surface area contributed by atoms with Crippen molar-refractivity contribution < 1.29 is 9.53 Å². The predicted molar refractivity (Wildman–Crippen MR) is 95.5 cm³/mol. The number of amides is 1. The second kappa shape index (κ2) is 8.10. The Bertz CT molecular complexity index is 796. The Morgan fingerprint density at radius 3 is 2.44 bits per heavy atom. The summed E-state index contributed by atoms with van der Waals surface area (Å²) >= 11 is 0. The van der Waals surface area contributed by atoms with Crippen LogP contribution in [-0.4, -0.2) is 27.8 Å². The van der Waals surface area contributed by atoms with Crippen molar-refractivity contribution in [3.63, 3.8) is 0 Å². The minimum Gasteiger partial charge on any atom is -0.497 e. The molecule has 0 aliphatic heterocycles. The SMILES string of the molecule is COc1ccc(CCC(=O)Nc2ccc(Cn3cncn3)cc2)cc1. The average Bonchev–Trinajstić information content (AvgIpc) is 3.15. The van der Waals surface area contributed by atoms with Crippen LogP contribution in [0.5, 0.6) is 5.75 Å². The molecule has 1 amide bonds. The van der Waals surface area contributed by atoms with Gasteiger partial charge in [-0.15, -0.1) is 0 Å². The third-order valence-corrected chi connectivity index (χ3v) is 3.85. The van der Waals surface area contributed by atoms with Crippen molar-refractivity contribution in [2.45, 2.75) is 19.4 Å². The van der Waals surface area contributed by atoms with E-state index in [0.29, 0.717) is 19.4 Å². The first-order valence-electron chi connectivity index (χ1n) is 8.07. The van der Waals surface area contributed by atoms with E-state index in [0.717, 1.165) is 22.6 Å². The number of anilines is 1. The number of aryl methyl sites for hydroxylation is 1. The molecule has 0 bridgehead atoms. The third-order valence-electron chi connectivity index (χ3n) is 3.85. The van der Waals surface area contributed by atoms with Crippen molar-refractivity contribution in [3.05, 3.63) is 72.3 Å². The molecule has 2 aromatic carbocycles. The molecule has 3 aromatic rings. The molecule has 0 aliphatic carbocycles. The molecule has 1 N–H and O–H groups in total. The number of carbonyl (C=O) groups excluding carboxylic acids is 1. The Kier molecular flexibility index (Phi) is 5.41. The first-order valence-corrected chi connectivity index (χ1v) is 8.07. The number of nitrogens with one attached hydrogen (secondary N) is 1. The fraction of sp³-hybridized carbons (Fsp3) is 0.211. The highest BCUT2D eigenvalue weighted by Crippen LogP contribution is 2.14. The Hall–Kier alpha value is -3.15. The lowest BCUT2D eigenvalue weighted by atomic mass is 10.1. The summed E-state index contributed by atoms with van der Waals surface area (Å²) < 4.78 is 6.88. The van der Waals surface area contributed by atoms with Gasteiger partial charge in [0.1, 0.15) is 18.4 Å². The van der Waals surface area contributed by atoms with E-state index in [1.165, 1.54) is 6.33 Å². The zero-order valence-corrected chi connectivity index (χ0v) is 14.1. The zero-order chi connectivity index (χ0) is 17.5. The van der Waals surface area contributed by atoms with Gasteiger partial charge in [-0.2, -0.15) is 5.10 Å². The molecule has 0 atom stereocenters. The van der Waals surface area contributed by atoms with Crippen molar-refractivity contribution in [1.29, 1.82) is 0 Å². The number of nitrogens with zero attached hydrogens (tertiary/aromatic N) is 3. The number of carbonyl (C=O) groups is 1. The van der Waals surface area contributed by atoms with Crippen molar-refractivity contribution in [2.75, 3.05) is 12.4 Å². The van der Waals surface area contributed by atoms with E-state index in [9.17, 15) is 4.79 Å². The molecule has 0 radical (unpaired) electrons. The maximum Gasteiger partial charge on any atom is 0.224 e. The lowest BCUT2D eigenvalue weighted by Gasteiger charge is -2.07. The fourth-order valence-electron chi connectivity index (χ4n) is 2.47. The van der Waals surface area contributed by atoms with Gasteiger partial charge >= 0.3 is 0 Å². The van der Waals surface area contributed by atoms with Crippen LogP contribution in [0.25, 0.3) is 0 Å². The monoisotopic (exact) mass is 336 g/mol. The molecule has 6 nitrogen and oxygen atoms in total. The molecule has 1 aromatic heterocycles. The van der Waals surface area contributed by atoms with Gasteiger partial charge in [0.2, 0.25) is 5.91 Å². The molecular formula is C19H20N4O2. The standard InChI is InChI=1S/C19H20N4O2/c1-25-18-9-4-15(5-10-18)6-11-19(24)22-17-7-2-16(3-8-17)12-23-14-20-13-21-23/h2-5,7-10,13-14H,6,11-12H2,1H3,(H,22,24). The van der Waals surface area contributed by atoms with E-state index in [1.54, 1.807) is 18.1 Å². The molecule has 128 valence electrons. The molecule has 3 rings (SSSR count). The quantitative estimate of drug-likeness (QED) is 0.720. The molecule has 0 saturated heterocycles. The van der Waals surface area contributed by atoms with E-state index in [4.69, 9.17) is 4.74 Å². The van der Waals surface area contributed by atoms with Gasteiger partial charge in [-0.3, -0.25) is 4.79 Å². The Morgan fingerprint density at radius 2 is 1.80 bits per heavy atom. The molecule has 1 heterocycles. The van der Waals surface area contributed by atoms with E-state index >= 15 is 0 Å². The van der Waals surface area contributed by atoms with Crippen molar-refractivity contribution in [1.82, 2.24) is 14.8 Å². The van der Waals surface area contributed by atoms with Crippen LogP contribution >= 0.6 is 0 Å². The van der Waals surface area contributed by atoms with Crippen LogP contribution in [0.1, 0.15) is 17.5 Å². The van der Waals surface area contributed by atoms with Crippen LogP contribution in [0.15, 0.2) is 61.2 Å². The second-order valence-corrected chi connectivity index (χ2v) is 5.69. The van der Waals surface area contributed by atoms with Gasteiger partial charge in [-0.25, -0.2) is 9.67 Å². The van der Waals surface area contributed by atoms with Crippen LogP contribution in [0.4, 0.5) is 5.69 Å². The smallest absolute Gasteiger partial charge is 0.224 e. The summed E-state index contributed by atoms with van der Waals surface area (Å²) in [4.78, 5) is 16.0. The number of rotatable bonds is 7. The lowest BCUT2D eigenvalue weighted by Crippen LogP contribution is -2.12. The summed E-state index contributed by atoms with van der Waals surface area (Å²) in [5, 5.41) is 7.00. The van der Waals surface area contributed by atoms with Crippen molar-refractivity contribution >= 4 is 11.6 Å². The number of hydrogen-bond donors (Lipinski definition) is 1. The van der Waals surface area contributed by atoms with Crippen LogP contribution in [-0.2, 0) is 17.8 Å². The number of methoxy groups -OCH3 is 1. The summed E-state index contributed by atoms with van der Waals surface area (Å²) in [6, 6.07) is 15.5. The molecule has 0 unspecified atom stereocenters. The fourth-order valence-corrected chi connectivity index (χ4v) is 2.47. The van der Waals surface area contributed by atoms with Crippen molar-refractivity contribution in [2.24, 2.45) is 0 Å². The van der Waals surface area contributed by atoms with Crippen LogP contribution in [0, 0.1) is 0 Å². The first-order chi connectivity index (χ1) is 12.2. The molecular weight excluding hydrogens is 316 g/mol. The maximum absolute atomic E-state index is 12.1. The van der Waals surface area contributed by atoms with Gasteiger partial charge in [0.25, 0.3) is 0 Å². The maximum atomic E-state index is 12.1. The molecule has 6 heteroatoms. The summed E-state index contributed by atoms with van der Waals surface area (Å²) in [6.07, 6.45) is 4.32. The Morgan fingerprint density at radius 1 is 1.08 bits per heavy atom. The first kappa shape index (κ1) is 16.7. The highest BCUT2D eigenvalue weighted by atomic mass is 16.5. The largest absolute Gasteiger partial charge is 0.497 e. The summed E-state index contributed by atoms with van der Waals surface area (Å²) in [5.74, 6) is 0.819. The molecule has 0 saturated carbocycles. The topological polar surface area (TPSA) is 69.0 Å². The molecule has 0 aliphatic rings. The van der Waals surface area contributed by atoms with E-state index in [2.05, 4.69) is 15.4 Å². The van der Waals surface area contributed by atoms with Gasteiger partial charge in [0.05, 0.1) is 13.7 Å². The minimum atomic E-state index is -0.000144. The summed E-state index contributed by atoms with van der Waals surface area (Å²) in [6.45, 7) is 0.658. The Balaban J connectivity index is 1.48. The van der Waals surface area contributed by atoms with Crippen LogP contribution in [0.2, 0.25) is 0 Å². The van der Waals surface area contributed by atoms with Crippen LogP contribution < -0.4 is 10.1 Å². The van der Waals surface area contributed by atoms with E-state index in [-0.39, 0.29) is 5.91 Å². The van der Waals surface area contributed by atoms with Crippen molar-refractivity contribution in [3.8, 4) is 5.75 Å². The van der Waals surface area contributed by atoms with E-state index < -0.39 is 0 Å². The molecule has 0 fully saturated rings. The van der Waals surface area contributed by atoms with Gasteiger partial charge in [0.15, 0.2) is 0 Å². The van der Waals surface area contributed by atoms with Gasteiger partial charge in [-0.05, 0) is 41.8 Å². The molecule has 0 spiro atoms. The zero-order valence-electron chi connectivity index (χ0n) is 14.1. The number of benzene rings is 2. The number of hydrogen-bond acceptors (Lipinski definition) is 4. The normalized spacial score (nSPS) is 10.4. The summed E-state index contributed by atoms with van der Waals surface area (Å²) in [5.41, 5.74) is 3.00. The average molecular weight is 336 g/mol. The van der Waals surface area contributed by atoms with Gasteiger partial charge < -0.3 is 10.1 Å².